The van der Waals surface area contributed by atoms with Crippen molar-refractivity contribution in [3.8, 4) is 17.2 Å². The summed E-state index contributed by atoms with van der Waals surface area (Å²) >= 11 is 0. The Kier molecular flexibility index (Phi) is 12.9. The molecule has 0 bridgehead atoms. The van der Waals surface area contributed by atoms with Crippen LogP contribution in [0.4, 0.5) is 0 Å². The highest BCUT2D eigenvalue weighted by Crippen LogP contribution is 2.96. The molecule has 16 aliphatic carbocycles. The number of carbonyl (C=O) groups is 3. The Morgan fingerprint density at radius 1 is 0.472 bits per heavy atom. The van der Waals surface area contributed by atoms with Crippen LogP contribution >= 0.6 is 0 Å². The second-order valence-electron chi connectivity index (χ2n) is 35.8. The normalized spacial score (nSPS) is 45.9. The van der Waals surface area contributed by atoms with Gasteiger partial charge < -0.3 is 43.0 Å². The Morgan fingerprint density at radius 3 is 1.37 bits per heavy atom. The van der Waals surface area contributed by atoms with E-state index in [0.29, 0.717) is 50.9 Å². The lowest BCUT2D eigenvalue weighted by Crippen LogP contribution is -2.67. The Hall–Kier alpha value is -3.91. The third-order valence-corrected chi connectivity index (χ3v) is 31.7. The first-order chi connectivity index (χ1) is 42.8. The van der Waals surface area contributed by atoms with Crippen molar-refractivity contribution in [3.05, 3.63) is 52.1 Å². The van der Waals surface area contributed by atoms with Gasteiger partial charge in [0.25, 0.3) is 0 Å². The van der Waals surface area contributed by atoms with Crippen molar-refractivity contribution in [1.82, 2.24) is 4.90 Å². The van der Waals surface area contributed by atoms with Gasteiger partial charge in [-0.25, -0.2) is 0 Å². The molecule has 89 heavy (non-hydrogen) atoms. The SMILES string of the molecule is CN1CC23C4=C5CCC6C7CCC8C9CCC%10C%11CCC%12=C(C=C4)C2(C2C%12C%11C4C%10C9C9C8C7C7C6C5C3C3C7C9C4C32)C1c1ccc(OCCC[N+](C)(C)CCCC(=O)O)c(OCCC[N+](C)(C)CCCC(=O)O)c1OCCC[N+](C)(C)CCCC(=O)O. The van der Waals surface area contributed by atoms with Gasteiger partial charge in [-0.05, 0) is 224 Å². The van der Waals surface area contributed by atoms with Crippen molar-refractivity contribution in [2.24, 2.45) is 153 Å². The maximum atomic E-state index is 11.7. The number of rotatable bonds is 28. The predicted molar refractivity (Wildman–Crippen MR) is 337 cm³/mol. The Bertz CT molecular complexity index is 3250. The van der Waals surface area contributed by atoms with Gasteiger partial charge in [0.15, 0.2) is 11.5 Å². The summed E-state index contributed by atoms with van der Waals surface area (Å²) in [6.07, 6.45) is 22.4. The fourth-order valence-electron chi connectivity index (χ4n) is 30.9. The third kappa shape index (κ3) is 7.49. The van der Waals surface area contributed by atoms with Crippen molar-refractivity contribution in [1.29, 1.82) is 0 Å². The summed E-state index contributed by atoms with van der Waals surface area (Å²) < 4.78 is 24.4. The molecular formula is C76H107N4O9+3. The molecule has 1 heterocycles. The fraction of sp³-hybridized carbons (Fsp3) is 0.803. The average molecular weight is 1220 g/mol. The molecule has 0 amide bonds. The smallest absolute Gasteiger partial charge is 0.303 e. The number of quaternary nitrogens is 3. The van der Waals surface area contributed by atoms with Crippen LogP contribution in [0.1, 0.15) is 121 Å². The van der Waals surface area contributed by atoms with Crippen molar-refractivity contribution in [2.75, 3.05) is 115 Å². The summed E-state index contributed by atoms with van der Waals surface area (Å²) in [5.74, 6) is 22.2. The highest BCUT2D eigenvalue weighted by Gasteiger charge is 2.93. The minimum absolute atomic E-state index is 0.0617. The van der Waals surface area contributed by atoms with E-state index < -0.39 is 17.9 Å². The van der Waals surface area contributed by atoms with E-state index in [-0.39, 0.29) is 36.1 Å². The molecule has 1 aromatic carbocycles. The number of hydrogen-bond donors (Lipinski definition) is 3. The third-order valence-electron chi connectivity index (χ3n) is 31.7. The number of nitrogens with zero attached hydrogens (tertiary/aromatic N) is 4. The maximum absolute atomic E-state index is 11.7. The Morgan fingerprint density at radius 2 is 0.865 bits per heavy atom. The highest BCUT2D eigenvalue weighted by atomic mass is 16.5. The van der Waals surface area contributed by atoms with Gasteiger partial charge in [-0.3, -0.25) is 19.3 Å². The van der Waals surface area contributed by atoms with E-state index in [1.54, 1.807) is 25.7 Å². The van der Waals surface area contributed by atoms with Gasteiger partial charge in [0.1, 0.15) is 0 Å². The molecule has 13 nitrogen and oxygen atoms in total. The van der Waals surface area contributed by atoms with Gasteiger partial charge in [-0.2, -0.15) is 0 Å². The summed E-state index contributed by atoms with van der Waals surface area (Å²) in [5.41, 5.74) is 8.91. The van der Waals surface area contributed by atoms with Gasteiger partial charge in [0, 0.05) is 67.5 Å². The zero-order chi connectivity index (χ0) is 60.9. The fourth-order valence-corrected chi connectivity index (χ4v) is 30.9. The van der Waals surface area contributed by atoms with E-state index in [4.69, 9.17) is 14.2 Å². The van der Waals surface area contributed by atoms with E-state index in [9.17, 15) is 29.7 Å². The minimum Gasteiger partial charge on any atom is -0.489 e. The summed E-state index contributed by atoms with van der Waals surface area (Å²) in [5, 5.41) is 28.6. The van der Waals surface area contributed by atoms with Crippen LogP contribution in [0.3, 0.4) is 0 Å². The first-order valence-electron chi connectivity index (χ1n) is 36.8. The molecule has 18 rings (SSSR count). The number of carboxylic acids is 3. The van der Waals surface area contributed by atoms with Gasteiger partial charge >= 0.3 is 17.9 Å². The summed E-state index contributed by atoms with van der Waals surface area (Å²) in [7, 11) is 15.9. The molecule has 482 valence electrons. The van der Waals surface area contributed by atoms with Crippen molar-refractivity contribution < 1.29 is 57.4 Å². The van der Waals surface area contributed by atoms with Crippen LogP contribution in [0.2, 0.25) is 0 Å². The number of benzene rings is 1. The molecule has 27 unspecified atom stereocenters. The summed E-state index contributed by atoms with van der Waals surface area (Å²) in [6, 6.07) is 4.90. The lowest BCUT2D eigenvalue weighted by Gasteiger charge is -2.69. The van der Waals surface area contributed by atoms with Crippen LogP contribution in [0, 0.1) is 153 Å². The topological polar surface area (TPSA) is 143 Å². The lowest BCUT2D eigenvalue weighted by molar-refractivity contribution is -0.890. The molecule has 3 N–H and O–H groups in total. The first kappa shape index (κ1) is 57.7. The molecule has 14 fully saturated rings. The second-order valence-corrected chi connectivity index (χ2v) is 35.8. The molecule has 1 saturated heterocycles. The monoisotopic (exact) mass is 1220 g/mol. The van der Waals surface area contributed by atoms with Gasteiger partial charge in [0.2, 0.25) is 5.75 Å². The first-order valence-corrected chi connectivity index (χ1v) is 36.8. The largest absolute Gasteiger partial charge is 0.489 e. The van der Waals surface area contributed by atoms with Gasteiger partial charge in [0.05, 0.1) is 121 Å². The molecule has 0 radical (unpaired) electrons. The molecule has 17 aliphatic rings. The summed E-state index contributed by atoms with van der Waals surface area (Å²) in [4.78, 5) is 37.8. The quantitative estimate of drug-likeness (QED) is 0.0548. The van der Waals surface area contributed by atoms with Crippen LogP contribution in [0.25, 0.3) is 0 Å². The van der Waals surface area contributed by atoms with E-state index in [1.165, 1.54) is 31.2 Å². The highest BCUT2D eigenvalue weighted by molar-refractivity contribution is 5.69. The Balaban J connectivity index is 0.786. The van der Waals surface area contributed by atoms with Gasteiger partial charge in [-0.1, -0.05) is 23.3 Å². The molecule has 0 aromatic heterocycles. The average Bonchev–Trinajstić information content (AvgIpc) is 1.42. The molecule has 27 atom stereocenters. The maximum Gasteiger partial charge on any atom is 0.303 e. The van der Waals surface area contributed by atoms with E-state index in [1.807, 2.05) is 22.3 Å². The van der Waals surface area contributed by atoms with E-state index >= 15 is 0 Å². The predicted octanol–water partition coefficient (Wildman–Crippen LogP) is 11.1. The van der Waals surface area contributed by atoms with Crippen LogP contribution in [-0.2, 0) is 14.4 Å². The number of carboxylic acid groups (broad SMARTS) is 3. The van der Waals surface area contributed by atoms with Crippen LogP contribution < -0.4 is 14.2 Å². The number of hydrogen-bond acceptors (Lipinski definition) is 7. The molecule has 13 heteroatoms. The summed E-state index contributed by atoms with van der Waals surface area (Å²) in [6.45, 7) is 7.58. The molecule has 13 saturated carbocycles. The molecule has 1 aliphatic heterocycles. The van der Waals surface area contributed by atoms with Crippen LogP contribution in [0.15, 0.2) is 46.6 Å². The zero-order valence-electron chi connectivity index (χ0n) is 54.9. The Labute approximate surface area is 530 Å². The van der Waals surface area contributed by atoms with E-state index in [0.717, 1.165) is 226 Å². The molecule has 1 aromatic rings. The zero-order valence-corrected chi connectivity index (χ0v) is 54.9. The number of allylic oxidation sites excluding steroid dienone is 4. The van der Waals surface area contributed by atoms with Gasteiger partial charge in [-0.15, -0.1) is 0 Å². The number of likely N-dealkylation sites (tertiary alicyclic amines) is 1. The standard InChI is InChI=1S/C76H104N4O9/c1-77-38-75-48-26-27-49-46-24-22-44-42-20-18-40-39-17-19-41-43-21-23-45(48)60-58(43)63-56(41)54(39)62-55(40)57(42)64-59(44)61(46)71(69-67(64)65(62)66(63)68(69)70(60)75)76(49,75)74(77)47-25-28-50(87-35-11-32-78(2,3)29-8-14-51(81)82)73(89-37-13-34-80(6,7)31-10-16-53(85)86)72(47)88-36-12-33-79(4,5)30-9-15-52(83)84/h25-28,39-44,54-71,74H,8-24,29-38H2,1-7H3/p+3. The van der Waals surface area contributed by atoms with Crippen LogP contribution in [0.5, 0.6) is 17.2 Å². The lowest BCUT2D eigenvalue weighted by atomic mass is 9.33. The van der Waals surface area contributed by atoms with E-state index in [2.05, 4.69) is 78.5 Å². The molecule has 2 spiro atoms. The van der Waals surface area contributed by atoms with Crippen molar-refractivity contribution in [3.63, 3.8) is 0 Å². The number of aliphatic carboxylic acids is 3. The molecular weight excluding hydrogens is 1110 g/mol. The van der Waals surface area contributed by atoms with Crippen LogP contribution in [-0.4, -0.2) is 167 Å². The van der Waals surface area contributed by atoms with Crippen molar-refractivity contribution >= 4 is 17.9 Å². The number of fused-ring (bicyclic) bond motifs is 3. The number of ether oxygens (including phenoxy) is 3. The minimum atomic E-state index is -0.743. The second kappa shape index (κ2) is 19.8. The van der Waals surface area contributed by atoms with Crippen molar-refractivity contribution in [2.45, 2.75) is 115 Å².